The Labute approximate surface area is 93.5 Å². The summed E-state index contributed by atoms with van der Waals surface area (Å²) in [5.74, 6) is -0.0787. The van der Waals surface area contributed by atoms with E-state index in [9.17, 15) is 18.5 Å². The first kappa shape index (κ1) is 12.6. The SMILES string of the molecule is CNS(=O)(=O)CCc1cccc([N+](=O)[O-])c1. The Morgan fingerprint density at radius 1 is 1.44 bits per heavy atom. The summed E-state index contributed by atoms with van der Waals surface area (Å²) in [6.07, 6.45) is 0.255. The van der Waals surface area contributed by atoms with Crippen LogP contribution in [0.15, 0.2) is 24.3 Å². The molecule has 1 N–H and O–H groups in total. The van der Waals surface area contributed by atoms with E-state index in [0.717, 1.165) is 0 Å². The summed E-state index contributed by atoms with van der Waals surface area (Å²) in [6.45, 7) is 0. The summed E-state index contributed by atoms with van der Waals surface area (Å²) in [4.78, 5) is 9.98. The van der Waals surface area contributed by atoms with Gasteiger partial charge in [0.15, 0.2) is 0 Å². The van der Waals surface area contributed by atoms with Crippen LogP contribution in [0.3, 0.4) is 0 Å². The van der Waals surface area contributed by atoms with E-state index in [1.54, 1.807) is 12.1 Å². The number of hydrogen-bond acceptors (Lipinski definition) is 4. The third kappa shape index (κ3) is 3.59. The van der Waals surface area contributed by atoms with Crippen LogP contribution in [-0.2, 0) is 16.4 Å². The lowest BCUT2D eigenvalue weighted by molar-refractivity contribution is -0.384. The molecule has 0 heterocycles. The molecule has 1 rings (SSSR count). The minimum atomic E-state index is -3.27. The van der Waals surface area contributed by atoms with E-state index in [1.807, 2.05) is 0 Å². The normalized spacial score (nSPS) is 11.3. The molecule has 0 aromatic heterocycles. The van der Waals surface area contributed by atoms with Crippen molar-refractivity contribution in [1.29, 1.82) is 0 Å². The zero-order valence-electron chi connectivity index (χ0n) is 8.71. The largest absolute Gasteiger partial charge is 0.269 e. The molecule has 16 heavy (non-hydrogen) atoms. The second kappa shape index (κ2) is 5.04. The molecular weight excluding hydrogens is 232 g/mol. The van der Waals surface area contributed by atoms with E-state index in [1.165, 1.54) is 19.2 Å². The van der Waals surface area contributed by atoms with E-state index in [0.29, 0.717) is 5.56 Å². The highest BCUT2D eigenvalue weighted by atomic mass is 32.2. The molecule has 0 saturated carbocycles. The number of nitrogens with one attached hydrogen (secondary N) is 1. The molecule has 88 valence electrons. The highest BCUT2D eigenvalue weighted by Crippen LogP contribution is 2.13. The van der Waals surface area contributed by atoms with Crippen LogP contribution in [0.4, 0.5) is 5.69 Å². The Hall–Kier alpha value is -1.47. The molecule has 0 amide bonds. The number of hydrogen-bond donors (Lipinski definition) is 1. The molecule has 7 heteroatoms. The first-order chi connectivity index (χ1) is 7.44. The third-order valence-corrected chi connectivity index (χ3v) is 3.46. The van der Waals surface area contributed by atoms with Crippen LogP contribution in [0.5, 0.6) is 0 Å². The molecule has 0 atom stereocenters. The predicted octanol–water partition coefficient (Wildman–Crippen LogP) is 0.686. The van der Waals surface area contributed by atoms with Crippen molar-refractivity contribution in [2.24, 2.45) is 0 Å². The number of sulfonamides is 1. The molecule has 0 aliphatic rings. The quantitative estimate of drug-likeness (QED) is 0.609. The maximum atomic E-state index is 11.1. The molecule has 1 aromatic carbocycles. The molecular formula is C9H12N2O4S. The Balaban J connectivity index is 2.75. The van der Waals surface area contributed by atoms with Gasteiger partial charge in [-0.15, -0.1) is 0 Å². The second-order valence-corrected chi connectivity index (χ2v) is 5.25. The van der Waals surface area contributed by atoms with Gasteiger partial charge in [0.1, 0.15) is 0 Å². The summed E-state index contributed by atoms with van der Waals surface area (Å²) in [6, 6.07) is 5.96. The Kier molecular flexibility index (Phi) is 3.97. The summed E-state index contributed by atoms with van der Waals surface area (Å²) in [7, 11) is -1.93. The van der Waals surface area contributed by atoms with Crippen LogP contribution in [0.25, 0.3) is 0 Å². The van der Waals surface area contributed by atoms with Gasteiger partial charge in [0, 0.05) is 12.1 Å². The Morgan fingerprint density at radius 2 is 2.12 bits per heavy atom. The third-order valence-electron chi connectivity index (χ3n) is 2.09. The van der Waals surface area contributed by atoms with Gasteiger partial charge in [-0.3, -0.25) is 10.1 Å². The van der Waals surface area contributed by atoms with Gasteiger partial charge in [-0.1, -0.05) is 12.1 Å². The number of benzene rings is 1. The van der Waals surface area contributed by atoms with Crippen molar-refractivity contribution in [1.82, 2.24) is 4.72 Å². The van der Waals surface area contributed by atoms with E-state index in [-0.39, 0.29) is 17.9 Å². The first-order valence-corrected chi connectivity index (χ1v) is 6.24. The number of nitro benzene ring substituents is 1. The van der Waals surface area contributed by atoms with Gasteiger partial charge in [0.25, 0.3) is 5.69 Å². The van der Waals surface area contributed by atoms with Crippen molar-refractivity contribution in [3.8, 4) is 0 Å². The van der Waals surface area contributed by atoms with Crippen LogP contribution >= 0.6 is 0 Å². The monoisotopic (exact) mass is 244 g/mol. The van der Waals surface area contributed by atoms with Gasteiger partial charge in [0.05, 0.1) is 10.7 Å². The van der Waals surface area contributed by atoms with Crippen molar-refractivity contribution in [3.05, 3.63) is 39.9 Å². The van der Waals surface area contributed by atoms with Crippen molar-refractivity contribution >= 4 is 15.7 Å². The van der Waals surface area contributed by atoms with Crippen molar-refractivity contribution < 1.29 is 13.3 Å². The van der Waals surface area contributed by atoms with E-state index >= 15 is 0 Å². The van der Waals surface area contributed by atoms with Gasteiger partial charge in [-0.2, -0.15) is 0 Å². The van der Waals surface area contributed by atoms with Gasteiger partial charge in [0.2, 0.25) is 10.0 Å². The summed E-state index contributed by atoms with van der Waals surface area (Å²) >= 11 is 0. The van der Waals surface area contributed by atoms with Gasteiger partial charge in [-0.05, 0) is 19.0 Å². The number of nitro groups is 1. The average Bonchev–Trinajstić information content (AvgIpc) is 2.27. The summed E-state index contributed by atoms with van der Waals surface area (Å²) in [5.41, 5.74) is 0.604. The maximum absolute atomic E-state index is 11.1. The average molecular weight is 244 g/mol. The summed E-state index contributed by atoms with van der Waals surface area (Å²) < 4.78 is 24.5. The highest BCUT2D eigenvalue weighted by Gasteiger charge is 2.09. The van der Waals surface area contributed by atoms with Gasteiger partial charge >= 0.3 is 0 Å². The van der Waals surface area contributed by atoms with E-state index < -0.39 is 14.9 Å². The fourth-order valence-corrected chi connectivity index (χ4v) is 1.89. The molecule has 1 aromatic rings. The van der Waals surface area contributed by atoms with Crippen LogP contribution in [0.2, 0.25) is 0 Å². The lowest BCUT2D eigenvalue weighted by atomic mass is 10.1. The minimum absolute atomic E-state index is 0.0284. The molecule has 0 fully saturated rings. The summed E-state index contributed by atoms with van der Waals surface area (Å²) in [5, 5.41) is 10.5. The molecule has 0 spiro atoms. The smallest absolute Gasteiger partial charge is 0.258 e. The van der Waals surface area contributed by atoms with Crippen LogP contribution in [0, 0.1) is 10.1 Å². The topological polar surface area (TPSA) is 89.3 Å². The Bertz CT molecular complexity index is 484. The second-order valence-electron chi connectivity index (χ2n) is 3.20. The Morgan fingerprint density at radius 3 is 2.69 bits per heavy atom. The van der Waals surface area contributed by atoms with Crippen LogP contribution < -0.4 is 4.72 Å². The minimum Gasteiger partial charge on any atom is -0.258 e. The number of non-ortho nitro benzene ring substituents is 1. The fourth-order valence-electron chi connectivity index (χ4n) is 1.18. The predicted molar refractivity (Wildman–Crippen MR) is 59.6 cm³/mol. The van der Waals surface area contributed by atoms with Crippen LogP contribution in [0.1, 0.15) is 5.56 Å². The molecule has 0 aliphatic carbocycles. The first-order valence-electron chi connectivity index (χ1n) is 4.59. The lowest BCUT2D eigenvalue weighted by Gasteiger charge is -2.02. The van der Waals surface area contributed by atoms with Crippen molar-refractivity contribution in [2.75, 3.05) is 12.8 Å². The molecule has 0 radical (unpaired) electrons. The maximum Gasteiger partial charge on any atom is 0.269 e. The molecule has 0 aliphatic heterocycles. The number of aryl methyl sites for hydroxylation is 1. The molecule has 0 saturated heterocycles. The molecule has 6 nitrogen and oxygen atoms in total. The lowest BCUT2D eigenvalue weighted by Crippen LogP contribution is -2.23. The zero-order chi connectivity index (χ0) is 12.2. The molecule has 0 bridgehead atoms. The van der Waals surface area contributed by atoms with Gasteiger partial charge < -0.3 is 0 Å². The number of nitrogens with zero attached hydrogens (tertiary/aromatic N) is 1. The number of rotatable bonds is 5. The fraction of sp³-hybridized carbons (Fsp3) is 0.333. The zero-order valence-corrected chi connectivity index (χ0v) is 9.53. The highest BCUT2D eigenvalue weighted by molar-refractivity contribution is 7.89. The standard InChI is InChI=1S/C9H12N2O4S/c1-10-16(14,15)6-5-8-3-2-4-9(7-8)11(12)13/h2-4,7,10H,5-6H2,1H3. The van der Waals surface area contributed by atoms with Gasteiger partial charge in [-0.25, -0.2) is 13.1 Å². The van der Waals surface area contributed by atoms with Crippen molar-refractivity contribution in [3.63, 3.8) is 0 Å². The van der Waals surface area contributed by atoms with Crippen LogP contribution in [-0.4, -0.2) is 26.1 Å². The van der Waals surface area contributed by atoms with Crippen molar-refractivity contribution in [2.45, 2.75) is 6.42 Å². The van der Waals surface area contributed by atoms with E-state index in [2.05, 4.69) is 4.72 Å². The van der Waals surface area contributed by atoms with E-state index in [4.69, 9.17) is 0 Å². The molecule has 0 unspecified atom stereocenters.